The van der Waals surface area contributed by atoms with Crippen molar-refractivity contribution in [2.24, 2.45) is 5.92 Å². The van der Waals surface area contributed by atoms with Gasteiger partial charge in [0, 0.05) is 12.3 Å². The van der Waals surface area contributed by atoms with E-state index in [1.54, 1.807) is 0 Å². The second kappa shape index (κ2) is 5.30. The van der Waals surface area contributed by atoms with Crippen molar-refractivity contribution in [2.75, 3.05) is 12.3 Å². The van der Waals surface area contributed by atoms with Crippen LogP contribution in [0.25, 0.3) is 0 Å². The van der Waals surface area contributed by atoms with E-state index >= 15 is 0 Å². The predicted molar refractivity (Wildman–Crippen MR) is 76.8 cm³/mol. The van der Waals surface area contributed by atoms with Gasteiger partial charge >= 0.3 is 0 Å². The number of nitrogen functional groups attached to an aromatic ring is 1. The minimum Gasteiger partial charge on any atom is -0.399 e. The van der Waals surface area contributed by atoms with E-state index in [9.17, 15) is 8.42 Å². The second-order valence-electron chi connectivity index (χ2n) is 5.56. The van der Waals surface area contributed by atoms with Gasteiger partial charge in [-0.05, 0) is 43.4 Å². The van der Waals surface area contributed by atoms with Gasteiger partial charge in [0.1, 0.15) is 6.07 Å². The normalized spacial score (nSPS) is 25.7. The van der Waals surface area contributed by atoms with Crippen molar-refractivity contribution in [3.8, 4) is 6.07 Å². The molecule has 1 aliphatic carbocycles. The van der Waals surface area contributed by atoms with E-state index in [-0.39, 0.29) is 22.6 Å². The zero-order valence-electron chi connectivity index (χ0n) is 11.5. The van der Waals surface area contributed by atoms with E-state index in [0.29, 0.717) is 24.6 Å². The zero-order valence-corrected chi connectivity index (χ0v) is 12.3. The van der Waals surface area contributed by atoms with Crippen LogP contribution in [0.4, 0.5) is 5.69 Å². The Balaban J connectivity index is 1.85. The van der Waals surface area contributed by atoms with E-state index in [1.807, 2.05) is 6.07 Å². The molecule has 1 saturated heterocycles. The molecule has 0 radical (unpaired) electrons. The summed E-state index contributed by atoms with van der Waals surface area (Å²) in [6.07, 6.45) is 2.80. The molecule has 0 bridgehead atoms. The van der Waals surface area contributed by atoms with Crippen molar-refractivity contribution < 1.29 is 13.2 Å². The van der Waals surface area contributed by atoms with Gasteiger partial charge in [-0.2, -0.15) is 5.26 Å². The Labute approximate surface area is 123 Å². The third kappa shape index (κ3) is 2.88. The number of anilines is 1. The van der Waals surface area contributed by atoms with Crippen LogP contribution in [0.2, 0.25) is 0 Å². The molecule has 1 aromatic carbocycles. The predicted octanol–water partition coefficient (Wildman–Crippen LogP) is 0.986. The third-order valence-corrected chi connectivity index (χ3v) is 5.49. The summed E-state index contributed by atoms with van der Waals surface area (Å²) in [6.45, 7) is 0.571. The van der Waals surface area contributed by atoms with E-state index < -0.39 is 10.0 Å². The molecule has 21 heavy (non-hydrogen) atoms. The Kier molecular flexibility index (Phi) is 3.61. The number of hydrogen-bond donors (Lipinski definition) is 2. The Hall–Kier alpha value is -1.62. The fraction of sp³-hybridized carbons (Fsp3) is 0.500. The number of nitrogens with one attached hydrogen (secondary N) is 1. The lowest BCUT2D eigenvalue weighted by atomic mass is 10.1. The highest BCUT2D eigenvalue weighted by atomic mass is 32.2. The van der Waals surface area contributed by atoms with Crippen molar-refractivity contribution in [1.82, 2.24) is 4.72 Å². The molecule has 0 aromatic heterocycles. The van der Waals surface area contributed by atoms with E-state index in [4.69, 9.17) is 15.7 Å². The first-order valence-corrected chi connectivity index (χ1v) is 8.43. The monoisotopic (exact) mass is 307 g/mol. The zero-order chi connectivity index (χ0) is 15.0. The number of rotatable bonds is 4. The molecule has 2 fully saturated rings. The molecule has 1 aliphatic heterocycles. The highest BCUT2D eigenvalue weighted by Gasteiger charge is 2.42. The Morgan fingerprint density at radius 1 is 1.33 bits per heavy atom. The van der Waals surface area contributed by atoms with E-state index in [1.165, 1.54) is 18.2 Å². The first kappa shape index (κ1) is 14.3. The van der Waals surface area contributed by atoms with Crippen molar-refractivity contribution in [3.05, 3.63) is 23.8 Å². The van der Waals surface area contributed by atoms with Crippen LogP contribution < -0.4 is 10.5 Å². The fourth-order valence-electron chi connectivity index (χ4n) is 2.76. The molecular weight excluding hydrogens is 290 g/mol. The molecule has 0 amide bonds. The standard InChI is InChI=1S/C14H17N3O3S/c15-8-10-7-11(16)3-4-13(10)21(18,19)17-12-5-6-20-14(12)9-1-2-9/h3-4,7,9,12,14,17H,1-2,5-6,16H2. The lowest BCUT2D eigenvalue weighted by Gasteiger charge is -2.19. The van der Waals surface area contributed by atoms with Crippen molar-refractivity contribution in [3.63, 3.8) is 0 Å². The highest BCUT2D eigenvalue weighted by molar-refractivity contribution is 7.89. The minimum absolute atomic E-state index is 0.0272. The van der Waals surface area contributed by atoms with Crippen LogP contribution >= 0.6 is 0 Å². The average molecular weight is 307 g/mol. The van der Waals surface area contributed by atoms with Crippen LogP contribution in [0.1, 0.15) is 24.8 Å². The van der Waals surface area contributed by atoms with Gasteiger partial charge in [-0.25, -0.2) is 13.1 Å². The van der Waals surface area contributed by atoms with Crippen molar-refractivity contribution >= 4 is 15.7 Å². The van der Waals surface area contributed by atoms with E-state index in [0.717, 1.165) is 12.8 Å². The molecule has 3 N–H and O–H groups in total. The summed E-state index contributed by atoms with van der Waals surface area (Å²) in [5.74, 6) is 0.460. The summed E-state index contributed by atoms with van der Waals surface area (Å²) >= 11 is 0. The fourth-order valence-corrected chi connectivity index (χ4v) is 4.18. The second-order valence-corrected chi connectivity index (χ2v) is 7.24. The van der Waals surface area contributed by atoms with Crippen LogP contribution in [0.3, 0.4) is 0 Å². The lowest BCUT2D eigenvalue weighted by Crippen LogP contribution is -2.41. The summed E-state index contributed by atoms with van der Waals surface area (Å²) in [5, 5.41) is 9.09. The van der Waals surface area contributed by atoms with Crippen LogP contribution in [-0.4, -0.2) is 27.2 Å². The van der Waals surface area contributed by atoms with Gasteiger partial charge < -0.3 is 10.5 Å². The number of benzene rings is 1. The molecule has 6 nitrogen and oxygen atoms in total. The number of nitrogens with zero attached hydrogens (tertiary/aromatic N) is 1. The summed E-state index contributed by atoms with van der Waals surface area (Å²) in [5.41, 5.74) is 6.02. The van der Waals surface area contributed by atoms with Crippen molar-refractivity contribution in [2.45, 2.75) is 36.3 Å². The Morgan fingerprint density at radius 2 is 2.10 bits per heavy atom. The molecule has 3 rings (SSSR count). The molecular formula is C14H17N3O3S. The Bertz CT molecular complexity index is 692. The smallest absolute Gasteiger partial charge is 0.242 e. The summed E-state index contributed by atoms with van der Waals surface area (Å²) < 4.78 is 33.3. The minimum atomic E-state index is -3.75. The lowest BCUT2D eigenvalue weighted by molar-refractivity contribution is 0.0848. The first-order chi connectivity index (χ1) is 10.0. The Morgan fingerprint density at radius 3 is 2.76 bits per heavy atom. The van der Waals surface area contributed by atoms with Crippen LogP contribution in [0.5, 0.6) is 0 Å². The molecule has 2 atom stereocenters. The maximum atomic E-state index is 12.5. The number of hydrogen-bond acceptors (Lipinski definition) is 5. The maximum Gasteiger partial charge on any atom is 0.242 e. The van der Waals surface area contributed by atoms with Crippen LogP contribution in [0.15, 0.2) is 23.1 Å². The average Bonchev–Trinajstić information content (AvgIpc) is 3.19. The molecule has 7 heteroatoms. The highest BCUT2D eigenvalue weighted by Crippen LogP contribution is 2.39. The molecule has 112 valence electrons. The van der Waals surface area contributed by atoms with Gasteiger partial charge in [0.2, 0.25) is 10.0 Å². The summed E-state index contributed by atoms with van der Waals surface area (Å²) in [6, 6.07) is 5.90. The molecule has 1 aromatic rings. The SMILES string of the molecule is N#Cc1cc(N)ccc1S(=O)(=O)NC1CCOC1C1CC1. The summed E-state index contributed by atoms with van der Waals surface area (Å²) in [7, 11) is -3.75. The number of nitrogens with two attached hydrogens (primary N) is 1. The largest absolute Gasteiger partial charge is 0.399 e. The number of ether oxygens (including phenoxy) is 1. The molecule has 0 spiro atoms. The summed E-state index contributed by atoms with van der Waals surface area (Å²) in [4.78, 5) is -0.0272. The maximum absolute atomic E-state index is 12.5. The number of nitriles is 1. The first-order valence-electron chi connectivity index (χ1n) is 6.95. The molecule has 1 heterocycles. The number of sulfonamides is 1. The third-order valence-electron chi connectivity index (χ3n) is 3.94. The van der Waals surface area contributed by atoms with E-state index in [2.05, 4.69) is 4.72 Å². The van der Waals surface area contributed by atoms with Gasteiger partial charge in [-0.15, -0.1) is 0 Å². The van der Waals surface area contributed by atoms with Gasteiger partial charge in [-0.3, -0.25) is 0 Å². The molecule has 2 unspecified atom stereocenters. The van der Waals surface area contributed by atoms with Crippen LogP contribution in [0, 0.1) is 17.2 Å². The van der Waals surface area contributed by atoms with Gasteiger partial charge in [0.15, 0.2) is 0 Å². The quantitative estimate of drug-likeness (QED) is 0.807. The topological polar surface area (TPSA) is 105 Å². The molecule has 2 aliphatic rings. The van der Waals surface area contributed by atoms with Crippen LogP contribution in [-0.2, 0) is 14.8 Å². The van der Waals surface area contributed by atoms with Gasteiger partial charge in [0.05, 0.1) is 22.6 Å². The molecule has 1 saturated carbocycles. The van der Waals surface area contributed by atoms with Crippen molar-refractivity contribution in [1.29, 1.82) is 5.26 Å². The van der Waals surface area contributed by atoms with Gasteiger partial charge in [-0.1, -0.05) is 0 Å². The van der Waals surface area contributed by atoms with Gasteiger partial charge in [0.25, 0.3) is 0 Å².